The van der Waals surface area contributed by atoms with Crippen molar-refractivity contribution in [2.75, 3.05) is 13.2 Å². The number of esters is 2. The summed E-state index contributed by atoms with van der Waals surface area (Å²) in [6.07, 6.45) is -0.797. The van der Waals surface area contributed by atoms with Crippen LogP contribution in [0.2, 0.25) is 0 Å². The first-order chi connectivity index (χ1) is 16.1. The van der Waals surface area contributed by atoms with E-state index in [-0.39, 0.29) is 24.3 Å². The van der Waals surface area contributed by atoms with Gasteiger partial charge in [0.1, 0.15) is 0 Å². The van der Waals surface area contributed by atoms with Crippen molar-refractivity contribution in [2.24, 2.45) is 10.8 Å². The van der Waals surface area contributed by atoms with Crippen molar-refractivity contribution < 1.29 is 54.8 Å². The Morgan fingerprint density at radius 2 is 1.09 bits per heavy atom. The smallest absolute Gasteiger partial charge is 0.338 e. The molecule has 2 aromatic carbocycles. The molecule has 0 aromatic heterocycles. The molecule has 7 N–H and O–H groups in total. The van der Waals surface area contributed by atoms with Crippen LogP contribution in [0.25, 0.3) is 0 Å². The van der Waals surface area contributed by atoms with E-state index in [1.807, 2.05) is 0 Å². The summed E-state index contributed by atoms with van der Waals surface area (Å²) in [5, 5.41) is 68.3. The van der Waals surface area contributed by atoms with E-state index in [1.165, 1.54) is 0 Å². The van der Waals surface area contributed by atoms with Crippen LogP contribution in [0.1, 0.15) is 54.8 Å². The van der Waals surface area contributed by atoms with Gasteiger partial charge in [0.05, 0.1) is 30.4 Å². The minimum Gasteiger partial charge on any atom is -0.504 e. The quantitative estimate of drug-likeness (QED) is 0.200. The first-order valence-corrected chi connectivity index (χ1v) is 10.6. The second-order valence-corrected chi connectivity index (χ2v) is 9.28. The Morgan fingerprint density at radius 1 is 0.743 bits per heavy atom. The van der Waals surface area contributed by atoms with E-state index in [9.17, 15) is 45.3 Å². The normalized spacial score (nSPS) is 14.1. The molecule has 0 fully saturated rings. The lowest BCUT2D eigenvalue weighted by atomic mass is 9.70. The lowest BCUT2D eigenvalue weighted by molar-refractivity contribution is -0.0981. The van der Waals surface area contributed by atoms with Crippen LogP contribution in [0.15, 0.2) is 24.3 Å². The van der Waals surface area contributed by atoms with E-state index in [0.717, 1.165) is 24.3 Å². The molecule has 0 aliphatic carbocycles. The fourth-order valence-corrected chi connectivity index (χ4v) is 3.49. The summed E-state index contributed by atoms with van der Waals surface area (Å²) in [5.41, 5.74) is -2.46. The maximum atomic E-state index is 12.4. The van der Waals surface area contributed by atoms with Gasteiger partial charge >= 0.3 is 11.9 Å². The van der Waals surface area contributed by atoms with Gasteiger partial charge in [0.2, 0.25) is 0 Å². The number of phenolic OH excluding ortho intramolecular Hbond substituents is 6. The predicted molar refractivity (Wildman–Crippen MR) is 122 cm³/mol. The number of hydrogen-bond acceptors (Lipinski definition) is 11. The van der Waals surface area contributed by atoms with Crippen molar-refractivity contribution in [2.45, 2.75) is 40.2 Å². The summed E-state index contributed by atoms with van der Waals surface area (Å²) in [5.74, 6) is -6.17. The fourth-order valence-electron chi connectivity index (χ4n) is 3.49. The molecule has 2 aromatic rings. The van der Waals surface area contributed by atoms with E-state index in [0.29, 0.717) is 6.42 Å². The highest BCUT2D eigenvalue weighted by atomic mass is 16.5. The summed E-state index contributed by atoms with van der Waals surface area (Å²) < 4.78 is 10.5. The number of hydrogen-bond donors (Lipinski definition) is 7. The second kappa shape index (κ2) is 10.2. The van der Waals surface area contributed by atoms with Crippen LogP contribution in [-0.4, -0.2) is 67.0 Å². The number of carbonyl (C=O) groups excluding carboxylic acids is 2. The van der Waals surface area contributed by atoms with Crippen molar-refractivity contribution in [1.29, 1.82) is 0 Å². The summed E-state index contributed by atoms with van der Waals surface area (Å²) >= 11 is 0. The van der Waals surface area contributed by atoms with Gasteiger partial charge in [-0.1, -0.05) is 27.7 Å². The Labute approximate surface area is 201 Å². The number of carbonyl (C=O) groups is 2. The first-order valence-electron chi connectivity index (χ1n) is 10.6. The number of rotatable bonds is 9. The van der Waals surface area contributed by atoms with Gasteiger partial charge in [0.25, 0.3) is 0 Å². The third-order valence-corrected chi connectivity index (χ3v) is 5.93. The van der Waals surface area contributed by atoms with Gasteiger partial charge in [-0.15, -0.1) is 0 Å². The van der Waals surface area contributed by atoms with Crippen LogP contribution in [0.5, 0.6) is 34.5 Å². The van der Waals surface area contributed by atoms with Crippen molar-refractivity contribution in [3.8, 4) is 34.5 Å². The van der Waals surface area contributed by atoms with Crippen molar-refractivity contribution in [1.82, 2.24) is 0 Å². The molecular formula is C24H30O11. The van der Waals surface area contributed by atoms with Crippen LogP contribution in [0, 0.1) is 10.8 Å². The minimum absolute atomic E-state index is 0.209. The average Bonchev–Trinajstić information content (AvgIpc) is 2.81. The Morgan fingerprint density at radius 3 is 1.43 bits per heavy atom. The Balaban J connectivity index is 2.09. The average molecular weight is 494 g/mol. The zero-order valence-corrected chi connectivity index (χ0v) is 19.8. The number of ether oxygens (including phenoxy) is 2. The molecule has 0 radical (unpaired) electrons. The minimum atomic E-state index is -1.15. The number of benzene rings is 2. The number of phenols is 6. The molecule has 0 spiro atoms. The lowest BCUT2D eigenvalue weighted by Gasteiger charge is -2.42. The number of aliphatic hydroxyl groups excluding tert-OH is 1. The van der Waals surface area contributed by atoms with Crippen LogP contribution >= 0.6 is 0 Å². The van der Waals surface area contributed by atoms with Gasteiger partial charge in [-0.2, -0.15) is 0 Å². The number of aromatic hydroxyl groups is 6. The van der Waals surface area contributed by atoms with E-state index in [1.54, 1.807) is 27.7 Å². The fraction of sp³-hybridized carbons (Fsp3) is 0.417. The van der Waals surface area contributed by atoms with Crippen LogP contribution in [0.4, 0.5) is 0 Å². The Hall–Kier alpha value is -3.86. The molecule has 0 saturated carbocycles. The zero-order chi connectivity index (χ0) is 26.7. The topological polar surface area (TPSA) is 194 Å². The molecular weight excluding hydrogens is 464 g/mol. The molecule has 0 amide bonds. The van der Waals surface area contributed by atoms with Crippen molar-refractivity contribution in [3.05, 3.63) is 35.4 Å². The first kappa shape index (κ1) is 27.4. The summed E-state index contributed by atoms with van der Waals surface area (Å²) in [6.45, 7) is 6.14. The lowest BCUT2D eigenvalue weighted by Crippen LogP contribution is -2.48. The van der Waals surface area contributed by atoms with Crippen molar-refractivity contribution in [3.63, 3.8) is 0 Å². The van der Waals surface area contributed by atoms with Gasteiger partial charge in [0.15, 0.2) is 34.5 Å². The molecule has 2 unspecified atom stereocenters. The van der Waals surface area contributed by atoms with Crippen LogP contribution in [-0.2, 0) is 9.47 Å². The van der Waals surface area contributed by atoms with E-state index < -0.39 is 63.4 Å². The molecule has 2 atom stereocenters. The second-order valence-electron chi connectivity index (χ2n) is 9.28. The van der Waals surface area contributed by atoms with Gasteiger partial charge in [0, 0.05) is 10.8 Å². The molecule has 35 heavy (non-hydrogen) atoms. The Kier molecular flexibility index (Phi) is 7.97. The molecule has 11 nitrogen and oxygen atoms in total. The van der Waals surface area contributed by atoms with Crippen LogP contribution < -0.4 is 0 Å². The highest BCUT2D eigenvalue weighted by Gasteiger charge is 2.43. The van der Waals surface area contributed by atoms with E-state index in [2.05, 4.69) is 0 Å². The van der Waals surface area contributed by atoms with Gasteiger partial charge in [-0.3, -0.25) is 0 Å². The molecule has 0 heterocycles. The summed E-state index contributed by atoms with van der Waals surface area (Å²) in [6, 6.07) is 3.71. The maximum Gasteiger partial charge on any atom is 0.338 e. The highest BCUT2D eigenvalue weighted by Crippen LogP contribution is 2.40. The largest absolute Gasteiger partial charge is 0.504 e. The molecule has 11 heteroatoms. The molecule has 192 valence electrons. The molecule has 2 rings (SSSR count). The monoisotopic (exact) mass is 494 g/mol. The SMILES string of the molecule is CCC(C)(COC(=O)c1cc(O)c(O)c(O)c1)C(O)C(C)(C)COC(=O)c1cc(O)c(O)c(O)c1. The molecule has 0 aliphatic heterocycles. The third kappa shape index (κ3) is 5.99. The zero-order valence-electron chi connectivity index (χ0n) is 19.8. The van der Waals surface area contributed by atoms with Gasteiger partial charge < -0.3 is 45.2 Å². The Bertz CT molecular complexity index is 1060. The highest BCUT2D eigenvalue weighted by molar-refractivity contribution is 5.91. The van der Waals surface area contributed by atoms with E-state index in [4.69, 9.17) is 9.47 Å². The summed E-state index contributed by atoms with van der Waals surface area (Å²) in [4.78, 5) is 24.8. The molecule has 0 bridgehead atoms. The predicted octanol–water partition coefficient (Wildman–Crippen LogP) is 2.74. The van der Waals surface area contributed by atoms with E-state index >= 15 is 0 Å². The third-order valence-electron chi connectivity index (χ3n) is 5.93. The number of aliphatic hydroxyl groups is 1. The molecule has 0 aliphatic rings. The van der Waals surface area contributed by atoms with Gasteiger partial charge in [-0.05, 0) is 30.7 Å². The summed E-state index contributed by atoms with van der Waals surface area (Å²) in [7, 11) is 0. The molecule has 0 saturated heterocycles. The van der Waals surface area contributed by atoms with Crippen LogP contribution in [0.3, 0.4) is 0 Å². The van der Waals surface area contributed by atoms with Gasteiger partial charge in [-0.25, -0.2) is 9.59 Å². The maximum absolute atomic E-state index is 12.4. The van der Waals surface area contributed by atoms with Crippen molar-refractivity contribution >= 4 is 11.9 Å². The standard InChI is InChI=1S/C24H30O11/c1-5-24(4,11-35-21(32)13-8-16(27)19(30)17(28)9-13)22(33)23(2,3)10-34-20(31)12-6-14(25)18(29)15(26)7-12/h6-9,22,25-30,33H,5,10-11H2,1-4H3.